The standard InChI is InChI=1S/C21H14N4O2/c22-10-11-9-16(25-13-7-5-12(23)6-8-13)17-18(19(11)24)21(27)15-4-2-1-3-14(15)20(17)26/h1-9,25H,23-24H2. The minimum atomic E-state index is -0.366. The molecular formula is C21H14N4O2. The Morgan fingerprint density at radius 3 is 2.04 bits per heavy atom. The van der Waals surface area contributed by atoms with Gasteiger partial charge in [-0.05, 0) is 30.3 Å². The number of hydrogen-bond donors (Lipinski definition) is 3. The van der Waals surface area contributed by atoms with E-state index >= 15 is 0 Å². The molecule has 4 rings (SSSR count). The molecule has 130 valence electrons. The fourth-order valence-electron chi connectivity index (χ4n) is 3.23. The molecule has 0 fully saturated rings. The first-order valence-corrected chi connectivity index (χ1v) is 8.19. The van der Waals surface area contributed by atoms with Gasteiger partial charge in [0.2, 0.25) is 0 Å². The predicted molar refractivity (Wildman–Crippen MR) is 103 cm³/mol. The lowest BCUT2D eigenvalue weighted by Crippen LogP contribution is -2.24. The third-order valence-corrected chi connectivity index (χ3v) is 4.55. The Labute approximate surface area is 155 Å². The summed E-state index contributed by atoms with van der Waals surface area (Å²) in [5.41, 5.74) is 14.4. The Bertz CT molecular complexity index is 1160. The van der Waals surface area contributed by atoms with Crippen molar-refractivity contribution in [3.63, 3.8) is 0 Å². The number of hydrogen-bond acceptors (Lipinski definition) is 6. The van der Waals surface area contributed by atoms with E-state index in [4.69, 9.17) is 11.5 Å². The van der Waals surface area contributed by atoms with Crippen LogP contribution >= 0.6 is 0 Å². The number of nitrogens with two attached hydrogens (primary N) is 2. The molecule has 0 bridgehead atoms. The van der Waals surface area contributed by atoms with Gasteiger partial charge in [0.1, 0.15) is 6.07 Å². The first kappa shape index (κ1) is 16.4. The van der Waals surface area contributed by atoms with E-state index in [2.05, 4.69) is 5.32 Å². The number of fused-ring (bicyclic) bond motifs is 2. The summed E-state index contributed by atoms with van der Waals surface area (Å²) in [6.07, 6.45) is 0. The molecular weight excluding hydrogens is 340 g/mol. The molecule has 0 aromatic heterocycles. The Hall–Kier alpha value is -4.11. The molecule has 6 nitrogen and oxygen atoms in total. The number of benzene rings is 3. The van der Waals surface area contributed by atoms with E-state index in [1.807, 2.05) is 6.07 Å². The van der Waals surface area contributed by atoms with Crippen LogP contribution in [0.2, 0.25) is 0 Å². The summed E-state index contributed by atoms with van der Waals surface area (Å²) in [6.45, 7) is 0. The lowest BCUT2D eigenvalue weighted by atomic mass is 9.81. The number of nitriles is 1. The van der Waals surface area contributed by atoms with Crippen molar-refractivity contribution < 1.29 is 9.59 Å². The van der Waals surface area contributed by atoms with Gasteiger partial charge in [-0.25, -0.2) is 0 Å². The number of nitrogen functional groups attached to an aromatic ring is 2. The number of anilines is 4. The van der Waals surface area contributed by atoms with E-state index in [1.54, 1.807) is 48.5 Å². The first-order chi connectivity index (χ1) is 13.0. The van der Waals surface area contributed by atoms with Crippen LogP contribution in [0, 0.1) is 11.3 Å². The van der Waals surface area contributed by atoms with Gasteiger partial charge in [-0.1, -0.05) is 24.3 Å². The van der Waals surface area contributed by atoms with Crippen LogP contribution in [-0.2, 0) is 0 Å². The molecule has 0 heterocycles. The van der Waals surface area contributed by atoms with Gasteiger partial charge in [-0.3, -0.25) is 9.59 Å². The van der Waals surface area contributed by atoms with E-state index < -0.39 is 0 Å². The zero-order valence-electron chi connectivity index (χ0n) is 14.1. The van der Waals surface area contributed by atoms with Crippen molar-refractivity contribution in [1.82, 2.24) is 0 Å². The van der Waals surface area contributed by atoms with E-state index in [9.17, 15) is 14.9 Å². The minimum Gasteiger partial charge on any atom is -0.399 e. The van der Waals surface area contributed by atoms with Gasteiger partial charge in [0.15, 0.2) is 11.6 Å². The van der Waals surface area contributed by atoms with E-state index in [0.29, 0.717) is 22.6 Å². The molecule has 1 aliphatic carbocycles. The van der Waals surface area contributed by atoms with E-state index in [-0.39, 0.29) is 39.5 Å². The Balaban J connectivity index is 1.96. The van der Waals surface area contributed by atoms with Crippen LogP contribution in [0.5, 0.6) is 0 Å². The number of carbonyl (C=O) groups excluding carboxylic acids is 2. The van der Waals surface area contributed by atoms with Crippen LogP contribution in [-0.4, -0.2) is 11.6 Å². The topological polar surface area (TPSA) is 122 Å². The van der Waals surface area contributed by atoms with E-state index in [1.165, 1.54) is 6.07 Å². The summed E-state index contributed by atoms with van der Waals surface area (Å²) in [6, 6.07) is 17.0. The van der Waals surface area contributed by atoms with Gasteiger partial charge in [0.25, 0.3) is 0 Å². The second-order valence-corrected chi connectivity index (χ2v) is 6.20. The molecule has 0 amide bonds. The number of carbonyl (C=O) groups is 2. The molecule has 0 spiro atoms. The zero-order chi connectivity index (χ0) is 19.1. The summed E-state index contributed by atoms with van der Waals surface area (Å²) in [4.78, 5) is 26.1. The molecule has 0 saturated carbocycles. The van der Waals surface area contributed by atoms with Crippen LogP contribution in [0.15, 0.2) is 54.6 Å². The van der Waals surface area contributed by atoms with E-state index in [0.717, 1.165) is 0 Å². The highest BCUT2D eigenvalue weighted by molar-refractivity contribution is 6.32. The van der Waals surface area contributed by atoms with Gasteiger partial charge < -0.3 is 16.8 Å². The maximum absolute atomic E-state index is 13.1. The number of ketones is 2. The average molecular weight is 354 g/mol. The smallest absolute Gasteiger partial charge is 0.196 e. The Morgan fingerprint density at radius 1 is 0.852 bits per heavy atom. The molecule has 0 saturated heterocycles. The molecule has 3 aromatic rings. The monoisotopic (exact) mass is 354 g/mol. The van der Waals surface area contributed by atoms with Crippen molar-refractivity contribution in [3.05, 3.63) is 82.4 Å². The lowest BCUT2D eigenvalue weighted by molar-refractivity contribution is 0.0980. The minimum absolute atomic E-state index is 0.0169. The van der Waals surface area contributed by atoms with Crippen molar-refractivity contribution in [2.45, 2.75) is 0 Å². The molecule has 0 aliphatic heterocycles. The first-order valence-electron chi connectivity index (χ1n) is 8.19. The fourth-order valence-corrected chi connectivity index (χ4v) is 3.23. The maximum Gasteiger partial charge on any atom is 0.196 e. The number of rotatable bonds is 2. The van der Waals surface area contributed by atoms with Gasteiger partial charge in [0.05, 0.1) is 28.1 Å². The van der Waals surface area contributed by atoms with Crippen LogP contribution in [0.4, 0.5) is 22.7 Å². The van der Waals surface area contributed by atoms with Crippen molar-refractivity contribution in [2.24, 2.45) is 0 Å². The highest BCUT2D eigenvalue weighted by atomic mass is 16.1. The van der Waals surface area contributed by atoms with Gasteiger partial charge in [0, 0.05) is 22.5 Å². The van der Waals surface area contributed by atoms with Gasteiger partial charge >= 0.3 is 0 Å². The highest BCUT2D eigenvalue weighted by Gasteiger charge is 2.34. The van der Waals surface area contributed by atoms with Crippen LogP contribution < -0.4 is 16.8 Å². The SMILES string of the molecule is N#Cc1cc(Nc2ccc(N)cc2)c2c(c1N)C(=O)c1ccccc1C2=O. The van der Waals surface area contributed by atoms with Crippen LogP contribution in [0.3, 0.4) is 0 Å². The van der Waals surface area contributed by atoms with Crippen LogP contribution in [0.1, 0.15) is 37.4 Å². The van der Waals surface area contributed by atoms with Crippen LogP contribution in [0.25, 0.3) is 0 Å². The molecule has 3 aromatic carbocycles. The summed E-state index contributed by atoms with van der Waals surface area (Å²) in [5.74, 6) is -0.676. The van der Waals surface area contributed by atoms with Crippen molar-refractivity contribution in [2.75, 3.05) is 16.8 Å². The molecule has 5 N–H and O–H groups in total. The fraction of sp³-hybridized carbons (Fsp3) is 0. The number of nitrogens with one attached hydrogen (secondary N) is 1. The molecule has 0 atom stereocenters. The molecule has 6 heteroatoms. The molecule has 1 aliphatic rings. The average Bonchev–Trinajstić information content (AvgIpc) is 2.68. The number of nitrogens with zero attached hydrogens (tertiary/aromatic N) is 1. The second-order valence-electron chi connectivity index (χ2n) is 6.20. The largest absolute Gasteiger partial charge is 0.399 e. The summed E-state index contributed by atoms with van der Waals surface area (Å²) >= 11 is 0. The third-order valence-electron chi connectivity index (χ3n) is 4.55. The quantitative estimate of drug-likeness (QED) is 0.475. The molecule has 27 heavy (non-hydrogen) atoms. The second kappa shape index (κ2) is 6.00. The molecule has 0 unspecified atom stereocenters. The van der Waals surface area contributed by atoms with Gasteiger partial charge in [-0.2, -0.15) is 5.26 Å². The Morgan fingerprint density at radius 2 is 1.44 bits per heavy atom. The van der Waals surface area contributed by atoms with Gasteiger partial charge in [-0.15, -0.1) is 0 Å². The molecule has 0 radical (unpaired) electrons. The Kier molecular flexibility index (Phi) is 3.64. The normalized spacial score (nSPS) is 12.1. The lowest BCUT2D eigenvalue weighted by Gasteiger charge is -2.23. The highest BCUT2D eigenvalue weighted by Crippen LogP contribution is 2.38. The predicted octanol–water partition coefficient (Wildman–Crippen LogP) is 3.24. The zero-order valence-corrected chi connectivity index (χ0v) is 14.1. The van der Waals surface area contributed by atoms with Crippen molar-refractivity contribution in [1.29, 1.82) is 5.26 Å². The summed E-state index contributed by atoms with van der Waals surface area (Å²) in [7, 11) is 0. The third kappa shape index (κ3) is 2.50. The maximum atomic E-state index is 13.1. The summed E-state index contributed by atoms with van der Waals surface area (Å²) in [5, 5.41) is 12.5. The van der Waals surface area contributed by atoms with Crippen molar-refractivity contribution >= 4 is 34.3 Å². The summed E-state index contributed by atoms with van der Waals surface area (Å²) < 4.78 is 0. The van der Waals surface area contributed by atoms with Crippen molar-refractivity contribution in [3.8, 4) is 6.07 Å².